The molecular formula is C9H19N2O4P. The number of amides is 1. The summed E-state index contributed by atoms with van der Waals surface area (Å²) in [5.41, 5.74) is 5.28. The fraction of sp³-hybridized carbons (Fsp3) is 0.667. The molecule has 0 saturated heterocycles. The largest absolute Gasteiger partial charge is 0.377 e. The second-order valence-electron chi connectivity index (χ2n) is 4.16. The number of nitrogens with one attached hydrogen (secondary N) is 1. The van der Waals surface area contributed by atoms with Crippen LogP contribution < -0.4 is 11.1 Å². The number of allylic oxidation sites excluding steroid dienone is 1. The van der Waals surface area contributed by atoms with Crippen molar-refractivity contribution in [3.63, 3.8) is 0 Å². The highest BCUT2D eigenvalue weighted by Crippen LogP contribution is 2.35. The number of rotatable bonds is 7. The van der Waals surface area contributed by atoms with Crippen molar-refractivity contribution in [1.29, 1.82) is 0 Å². The lowest BCUT2D eigenvalue weighted by Crippen LogP contribution is -2.42. The fourth-order valence-electron chi connectivity index (χ4n) is 1.26. The first-order valence-electron chi connectivity index (χ1n) is 4.90. The maximum absolute atomic E-state index is 11.1. The van der Waals surface area contributed by atoms with Crippen LogP contribution in [0.1, 0.15) is 20.3 Å². The number of carbonyl (C=O) groups is 1. The van der Waals surface area contributed by atoms with E-state index < -0.39 is 25.7 Å². The Morgan fingerprint density at radius 2 is 2.00 bits per heavy atom. The lowest BCUT2D eigenvalue weighted by atomic mass is 10.0. The molecule has 94 valence electrons. The molecule has 0 fully saturated rings. The van der Waals surface area contributed by atoms with Crippen molar-refractivity contribution in [2.24, 2.45) is 11.7 Å². The molecule has 6 nitrogen and oxygen atoms in total. The van der Waals surface area contributed by atoms with Crippen molar-refractivity contribution in [2.75, 3.05) is 6.16 Å². The summed E-state index contributed by atoms with van der Waals surface area (Å²) in [5.74, 6) is -0.312. The molecule has 0 spiro atoms. The van der Waals surface area contributed by atoms with Crippen LogP contribution in [-0.4, -0.2) is 27.9 Å². The number of hydrogen-bond donors (Lipinski definition) is 4. The average Bonchev–Trinajstić information content (AvgIpc) is 1.97. The Morgan fingerprint density at radius 3 is 2.31 bits per heavy atom. The van der Waals surface area contributed by atoms with Crippen molar-refractivity contribution in [3.8, 4) is 0 Å². The van der Waals surface area contributed by atoms with Gasteiger partial charge in [-0.3, -0.25) is 9.36 Å². The Hall–Kier alpha value is -0.840. The van der Waals surface area contributed by atoms with Crippen molar-refractivity contribution < 1.29 is 19.1 Å². The first kappa shape index (κ1) is 15.2. The molecule has 0 unspecified atom stereocenters. The molecular weight excluding hydrogens is 231 g/mol. The van der Waals surface area contributed by atoms with Gasteiger partial charge in [-0.15, -0.1) is 0 Å². The first-order valence-corrected chi connectivity index (χ1v) is 6.69. The number of primary amides is 1. The van der Waals surface area contributed by atoms with Crippen LogP contribution in [0, 0.1) is 5.92 Å². The Labute approximate surface area is 95.1 Å². The van der Waals surface area contributed by atoms with Gasteiger partial charge in [0.2, 0.25) is 5.91 Å². The van der Waals surface area contributed by atoms with E-state index in [1.807, 2.05) is 13.8 Å². The first-order chi connectivity index (χ1) is 7.11. The molecule has 0 saturated carbocycles. The van der Waals surface area contributed by atoms with Crippen molar-refractivity contribution in [3.05, 3.63) is 12.3 Å². The fourth-order valence-corrected chi connectivity index (χ4v) is 1.85. The Kier molecular flexibility index (Phi) is 5.72. The molecule has 0 aromatic carbocycles. The zero-order valence-electron chi connectivity index (χ0n) is 9.51. The summed E-state index contributed by atoms with van der Waals surface area (Å²) in [7, 11) is -4.16. The number of hydrogen-bond acceptors (Lipinski definition) is 3. The highest BCUT2D eigenvalue weighted by molar-refractivity contribution is 7.52. The summed E-state index contributed by atoms with van der Waals surface area (Å²) in [4.78, 5) is 28.5. The molecule has 0 bridgehead atoms. The highest BCUT2D eigenvalue weighted by Gasteiger charge is 2.20. The summed E-state index contributed by atoms with van der Waals surface area (Å²) in [5, 5.41) is 2.64. The van der Waals surface area contributed by atoms with Gasteiger partial charge in [0.1, 0.15) is 6.04 Å². The van der Waals surface area contributed by atoms with Crippen LogP contribution in [0.3, 0.4) is 0 Å². The van der Waals surface area contributed by atoms with Gasteiger partial charge in [-0.1, -0.05) is 20.4 Å². The molecule has 0 aliphatic carbocycles. The second-order valence-corrected chi connectivity index (χ2v) is 5.80. The van der Waals surface area contributed by atoms with Crippen LogP contribution in [-0.2, 0) is 9.36 Å². The highest BCUT2D eigenvalue weighted by atomic mass is 31.2. The topological polar surface area (TPSA) is 113 Å². The molecule has 7 heteroatoms. The molecule has 1 atom stereocenters. The summed E-state index contributed by atoms with van der Waals surface area (Å²) in [6, 6.07) is -0.640. The minimum Gasteiger partial charge on any atom is -0.377 e. The summed E-state index contributed by atoms with van der Waals surface area (Å²) in [6.45, 7) is 7.30. The third-order valence-corrected chi connectivity index (χ3v) is 2.62. The molecule has 5 N–H and O–H groups in total. The third-order valence-electron chi connectivity index (χ3n) is 1.83. The molecule has 0 aliphatic rings. The second kappa shape index (κ2) is 6.03. The molecule has 0 aromatic heterocycles. The van der Waals surface area contributed by atoms with E-state index in [2.05, 4.69) is 11.9 Å². The molecule has 0 aromatic rings. The molecule has 1 amide bonds. The van der Waals surface area contributed by atoms with E-state index >= 15 is 0 Å². The number of nitrogens with two attached hydrogens (primary N) is 1. The molecule has 0 rings (SSSR count). The zero-order valence-corrected chi connectivity index (χ0v) is 10.4. The van der Waals surface area contributed by atoms with Gasteiger partial charge in [0.25, 0.3) is 0 Å². The van der Waals surface area contributed by atoms with E-state index in [-0.39, 0.29) is 11.6 Å². The van der Waals surface area contributed by atoms with Gasteiger partial charge in [0.05, 0.1) is 6.16 Å². The normalized spacial score (nSPS) is 13.6. The Balaban J connectivity index is 4.36. The van der Waals surface area contributed by atoms with E-state index in [1.165, 1.54) is 0 Å². The lowest BCUT2D eigenvalue weighted by Gasteiger charge is -2.20. The van der Waals surface area contributed by atoms with Crippen molar-refractivity contribution in [1.82, 2.24) is 5.32 Å². The van der Waals surface area contributed by atoms with Gasteiger partial charge in [-0.05, 0) is 12.3 Å². The van der Waals surface area contributed by atoms with Gasteiger partial charge in [-0.25, -0.2) is 0 Å². The van der Waals surface area contributed by atoms with E-state index in [0.29, 0.717) is 6.42 Å². The maximum atomic E-state index is 11.1. The van der Waals surface area contributed by atoms with Crippen molar-refractivity contribution >= 4 is 13.5 Å². The zero-order chi connectivity index (χ0) is 12.9. The monoisotopic (exact) mass is 250 g/mol. The smallest absolute Gasteiger partial charge is 0.331 e. The van der Waals surface area contributed by atoms with Crippen LogP contribution in [0.15, 0.2) is 12.3 Å². The van der Waals surface area contributed by atoms with Gasteiger partial charge in [0, 0.05) is 5.70 Å². The minimum atomic E-state index is -4.16. The van der Waals surface area contributed by atoms with Crippen LogP contribution >= 0.6 is 7.60 Å². The van der Waals surface area contributed by atoms with Crippen LogP contribution in [0.4, 0.5) is 0 Å². The van der Waals surface area contributed by atoms with E-state index in [0.717, 1.165) is 0 Å². The summed E-state index contributed by atoms with van der Waals surface area (Å²) in [6.07, 6.45) is 0.00435. The van der Waals surface area contributed by atoms with Crippen LogP contribution in [0.5, 0.6) is 0 Å². The van der Waals surface area contributed by atoms with Crippen molar-refractivity contribution in [2.45, 2.75) is 26.3 Å². The predicted octanol–water partition coefficient (Wildman–Crippen LogP) is 0.167. The third kappa shape index (κ3) is 7.45. The summed E-state index contributed by atoms with van der Waals surface area (Å²) < 4.78 is 10.7. The predicted molar refractivity (Wildman–Crippen MR) is 61.6 cm³/mol. The average molecular weight is 250 g/mol. The molecule has 0 aliphatic heterocycles. The standard InChI is InChI=1S/C9H19N2O4P/c1-6(2)4-8(9(10)12)11-7(3)5-16(13,14)15/h6,8,11H,3-5H2,1-2H3,(H2,10,12)(H2,13,14,15)/t8-/m0/s1. The van der Waals surface area contributed by atoms with Gasteiger partial charge in [0.15, 0.2) is 0 Å². The Morgan fingerprint density at radius 1 is 1.50 bits per heavy atom. The SMILES string of the molecule is C=C(CP(=O)(O)O)N[C@@H](CC(C)C)C(N)=O. The van der Waals surface area contributed by atoms with Gasteiger partial charge < -0.3 is 20.8 Å². The van der Waals surface area contributed by atoms with Gasteiger partial charge >= 0.3 is 7.60 Å². The maximum Gasteiger partial charge on any atom is 0.331 e. The minimum absolute atomic E-state index is 0.123. The van der Waals surface area contributed by atoms with Crippen LogP contribution in [0.2, 0.25) is 0 Å². The Bertz CT molecular complexity index is 311. The van der Waals surface area contributed by atoms with Crippen LogP contribution in [0.25, 0.3) is 0 Å². The lowest BCUT2D eigenvalue weighted by molar-refractivity contribution is -0.120. The van der Waals surface area contributed by atoms with E-state index in [4.69, 9.17) is 15.5 Å². The van der Waals surface area contributed by atoms with Gasteiger partial charge in [-0.2, -0.15) is 0 Å². The molecule has 16 heavy (non-hydrogen) atoms. The summed E-state index contributed by atoms with van der Waals surface area (Å²) >= 11 is 0. The molecule has 0 heterocycles. The molecule has 0 radical (unpaired) electrons. The van der Waals surface area contributed by atoms with E-state index in [9.17, 15) is 9.36 Å². The quantitative estimate of drug-likeness (QED) is 0.481. The van der Waals surface area contributed by atoms with E-state index in [1.54, 1.807) is 0 Å². The number of carbonyl (C=O) groups excluding carboxylic acids is 1.